The van der Waals surface area contributed by atoms with Crippen molar-refractivity contribution in [1.82, 2.24) is 0 Å². The summed E-state index contributed by atoms with van der Waals surface area (Å²) in [5, 5.41) is 0. The summed E-state index contributed by atoms with van der Waals surface area (Å²) < 4.78 is 24.4. The summed E-state index contributed by atoms with van der Waals surface area (Å²) in [5.41, 5.74) is 3.22. The Bertz CT molecular complexity index is 812. The number of ether oxygens (including phenoxy) is 2. The van der Waals surface area contributed by atoms with Gasteiger partial charge in [0.05, 0.1) is 7.11 Å². The van der Waals surface area contributed by atoms with Gasteiger partial charge in [0.15, 0.2) is 0 Å². The Kier molecular flexibility index (Phi) is 5.91. The van der Waals surface area contributed by atoms with Crippen molar-refractivity contribution in [3.8, 4) is 5.75 Å². The van der Waals surface area contributed by atoms with Crippen LogP contribution in [0.1, 0.15) is 39.5 Å². The zero-order valence-electron chi connectivity index (χ0n) is 14.8. The molecule has 0 N–H and O–H groups in total. The number of carbonyl (C=O) groups excluding carboxylic acids is 2. The normalized spacial score (nSPS) is 10.4. The van der Waals surface area contributed by atoms with Gasteiger partial charge in [0.25, 0.3) is 5.78 Å². The first-order chi connectivity index (χ1) is 11.9. The quantitative estimate of drug-likeness (QED) is 0.452. The third-order valence-corrected chi connectivity index (χ3v) is 4.12. The first-order valence-electron chi connectivity index (χ1n) is 8.02. The maximum absolute atomic E-state index is 14.2. The molecule has 25 heavy (non-hydrogen) atoms. The van der Waals surface area contributed by atoms with E-state index in [4.69, 9.17) is 4.74 Å². The second-order valence-corrected chi connectivity index (χ2v) is 5.77. The molecule has 0 radical (unpaired) electrons. The molecule has 0 spiro atoms. The summed E-state index contributed by atoms with van der Waals surface area (Å²) >= 11 is 0. The fourth-order valence-electron chi connectivity index (χ4n) is 2.66. The van der Waals surface area contributed by atoms with Gasteiger partial charge in [-0.05, 0) is 49.1 Å². The highest BCUT2D eigenvalue weighted by atomic mass is 19.1. The molecule has 0 saturated carbocycles. The molecule has 5 heteroatoms. The number of hydrogen-bond donors (Lipinski definition) is 0. The van der Waals surface area contributed by atoms with Crippen LogP contribution < -0.4 is 4.74 Å². The molecule has 0 heterocycles. The maximum Gasteiger partial charge on any atom is 0.379 e. The van der Waals surface area contributed by atoms with Crippen molar-refractivity contribution in [2.24, 2.45) is 0 Å². The summed E-state index contributed by atoms with van der Waals surface area (Å²) in [6.07, 6.45) is 0.915. The average molecular weight is 344 g/mol. The predicted molar refractivity (Wildman–Crippen MR) is 92.4 cm³/mol. The zero-order valence-corrected chi connectivity index (χ0v) is 14.8. The van der Waals surface area contributed by atoms with Crippen LogP contribution in [0.4, 0.5) is 4.39 Å². The van der Waals surface area contributed by atoms with Crippen LogP contribution in [0.25, 0.3) is 0 Å². The second kappa shape index (κ2) is 7.92. The molecule has 0 unspecified atom stereocenters. The highest BCUT2D eigenvalue weighted by Crippen LogP contribution is 2.25. The van der Waals surface area contributed by atoms with E-state index < -0.39 is 17.6 Å². The Morgan fingerprint density at radius 3 is 2.48 bits per heavy atom. The van der Waals surface area contributed by atoms with E-state index in [-0.39, 0.29) is 17.7 Å². The fraction of sp³-hybridized carbons (Fsp3) is 0.300. The van der Waals surface area contributed by atoms with Gasteiger partial charge in [-0.2, -0.15) is 0 Å². The number of rotatable bonds is 6. The Labute approximate surface area is 146 Å². The van der Waals surface area contributed by atoms with E-state index in [2.05, 4.69) is 11.7 Å². The first-order valence-corrected chi connectivity index (χ1v) is 8.02. The molecular formula is C20H21FO4. The zero-order chi connectivity index (χ0) is 18.6. The van der Waals surface area contributed by atoms with E-state index in [1.807, 2.05) is 26.0 Å². The largest absolute Gasteiger partial charge is 0.488 e. The highest BCUT2D eigenvalue weighted by molar-refractivity contribution is 6.40. The summed E-state index contributed by atoms with van der Waals surface area (Å²) in [6, 6.07) is 7.92. The molecule has 2 rings (SSSR count). The second-order valence-electron chi connectivity index (χ2n) is 5.77. The van der Waals surface area contributed by atoms with Gasteiger partial charge in [0, 0.05) is 11.1 Å². The van der Waals surface area contributed by atoms with E-state index in [1.165, 1.54) is 23.8 Å². The number of esters is 1. The van der Waals surface area contributed by atoms with Gasteiger partial charge in [-0.1, -0.05) is 25.1 Å². The van der Waals surface area contributed by atoms with Crippen LogP contribution >= 0.6 is 0 Å². The lowest BCUT2D eigenvalue weighted by Crippen LogP contribution is -2.19. The molecule has 4 nitrogen and oxygen atoms in total. The minimum absolute atomic E-state index is 0.0366. The topological polar surface area (TPSA) is 52.6 Å². The molecule has 132 valence electrons. The minimum atomic E-state index is -1.04. The van der Waals surface area contributed by atoms with E-state index in [0.29, 0.717) is 5.75 Å². The van der Waals surface area contributed by atoms with Crippen molar-refractivity contribution in [3.05, 3.63) is 64.0 Å². The highest BCUT2D eigenvalue weighted by Gasteiger charge is 2.22. The Hall–Kier alpha value is -2.69. The minimum Gasteiger partial charge on any atom is -0.488 e. The van der Waals surface area contributed by atoms with Crippen LogP contribution in [-0.4, -0.2) is 18.9 Å². The third-order valence-electron chi connectivity index (χ3n) is 4.12. The van der Waals surface area contributed by atoms with Gasteiger partial charge in [-0.25, -0.2) is 9.18 Å². The molecule has 0 bridgehead atoms. The van der Waals surface area contributed by atoms with Gasteiger partial charge in [0.1, 0.15) is 18.2 Å². The lowest BCUT2D eigenvalue weighted by molar-refractivity contribution is -0.135. The SMILES string of the molecule is CCc1cc(C)c(OCc2c(F)cccc2C(=O)C(=O)OC)cc1C. The lowest BCUT2D eigenvalue weighted by atomic mass is 10.0. The van der Waals surface area contributed by atoms with Gasteiger partial charge in [-0.15, -0.1) is 0 Å². The Morgan fingerprint density at radius 2 is 1.84 bits per heavy atom. The molecule has 0 aliphatic heterocycles. The fourth-order valence-corrected chi connectivity index (χ4v) is 2.66. The smallest absolute Gasteiger partial charge is 0.379 e. The van der Waals surface area contributed by atoms with Crippen molar-refractivity contribution in [2.45, 2.75) is 33.8 Å². The van der Waals surface area contributed by atoms with E-state index >= 15 is 0 Å². The number of halogens is 1. The summed E-state index contributed by atoms with van der Waals surface area (Å²) in [4.78, 5) is 23.6. The van der Waals surface area contributed by atoms with Gasteiger partial charge in [0.2, 0.25) is 0 Å². The van der Waals surface area contributed by atoms with Crippen LogP contribution in [-0.2, 0) is 22.6 Å². The lowest BCUT2D eigenvalue weighted by Gasteiger charge is -2.14. The van der Waals surface area contributed by atoms with Gasteiger partial charge in [-0.3, -0.25) is 4.79 Å². The molecule has 0 atom stereocenters. The third kappa shape index (κ3) is 4.05. The first kappa shape index (κ1) is 18.6. The number of methoxy groups -OCH3 is 1. The van der Waals surface area contributed by atoms with Gasteiger partial charge >= 0.3 is 5.97 Å². The Balaban J connectivity index is 2.31. The van der Waals surface area contributed by atoms with Crippen LogP contribution in [0.3, 0.4) is 0 Å². The van der Waals surface area contributed by atoms with E-state index in [1.54, 1.807) is 0 Å². The van der Waals surface area contributed by atoms with Crippen LogP contribution in [0.15, 0.2) is 30.3 Å². The number of aryl methyl sites for hydroxylation is 3. The number of carbonyl (C=O) groups is 2. The predicted octanol–water partition coefficient (Wildman–Crippen LogP) is 3.94. The molecule has 0 aromatic heterocycles. The van der Waals surface area contributed by atoms with Crippen molar-refractivity contribution in [1.29, 1.82) is 0 Å². The molecule has 0 saturated heterocycles. The maximum atomic E-state index is 14.2. The molecular weight excluding hydrogens is 323 g/mol. The Morgan fingerprint density at radius 1 is 1.12 bits per heavy atom. The summed E-state index contributed by atoms with van der Waals surface area (Å²) in [5.74, 6) is -1.91. The molecule has 0 fully saturated rings. The number of Topliss-reactive ketones (excluding diaryl/α,β-unsaturated/α-hetero) is 1. The number of benzene rings is 2. The van der Waals surface area contributed by atoms with Crippen LogP contribution in [0.2, 0.25) is 0 Å². The molecule has 2 aromatic carbocycles. The van der Waals surface area contributed by atoms with E-state index in [9.17, 15) is 14.0 Å². The monoisotopic (exact) mass is 344 g/mol. The van der Waals surface area contributed by atoms with Crippen LogP contribution in [0.5, 0.6) is 5.75 Å². The van der Waals surface area contributed by atoms with Crippen molar-refractivity contribution < 1.29 is 23.5 Å². The van der Waals surface area contributed by atoms with Crippen LogP contribution in [0, 0.1) is 19.7 Å². The standard InChI is InChI=1S/C20H21FO4/c1-5-14-9-13(3)18(10-12(14)2)25-11-16-15(7-6-8-17(16)21)19(22)20(23)24-4/h6-10H,5,11H2,1-4H3. The number of hydrogen-bond acceptors (Lipinski definition) is 4. The average Bonchev–Trinajstić information content (AvgIpc) is 2.61. The van der Waals surface area contributed by atoms with Crippen molar-refractivity contribution in [2.75, 3.05) is 7.11 Å². The molecule has 2 aromatic rings. The summed E-state index contributed by atoms with van der Waals surface area (Å²) in [7, 11) is 1.11. The molecule has 0 aliphatic carbocycles. The van der Waals surface area contributed by atoms with Crippen molar-refractivity contribution in [3.63, 3.8) is 0 Å². The van der Waals surface area contributed by atoms with E-state index in [0.717, 1.165) is 24.7 Å². The van der Waals surface area contributed by atoms with Gasteiger partial charge < -0.3 is 9.47 Å². The van der Waals surface area contributed by atoms with Crippen molar-refractivity contribution >= 4 is 11.8 Å². The summed E-state index contributed by atoms with van der Waals surface area (Å²) in [6.45, 7) is 5.82. The number of ketones is 1. The molecule has 0 amide bonds. The molecule has 0 aliphatic rings.